The topological polar surface area (TPSA) is 140 Å². The third-order valence-electron chi connectivity index (χ3n) is 6.69. The molecule has 0 spiro atoms. The maximum absolute atomic E-state index is 13.8. The number of amides is 3. The van der Waals surface area contributed by atoms with Gasteiger partial charge in [0.25, 0.3) is 5.91 Å². The van der Waals surface area contributed by atoms with Crippen molar-refractivity contribution >= 4 is 29.3 Å². The Bertz CT molecular complexity index is 1380. The summed E-state index contributed by atoms with van der Waals surface area (Å²) in [6.45, 7) is 5.22. The summed E-state index contributed by atoms with van der Waals surface area (Å²) in [5, 5.41) is 23.2. The number of anilines is 3. The van der Waals surface area contributed by atoms with Gasteiger partial charge in [-0.25, -0.2) is 14.8 Å². The van der Waals surface area contributed by atoms with Crippen molar-refractivity contribution in [2.24, 2.45) is 0 Å². The minimum absolute atomic E-state index is 0.132. The van der Waals surface area contributed by atoms with E-state index < -0.39 is 36.9 Å². The minimum atomic E-state index is -4.76. The maximum Gasteiger partial charge on any atom is 0.412 e. The Labute approximate surface area is 240 Å². The fourth-order valence-electron chi connectivity index (χ4n) is 4.62. The SMILES string of the molecule is C=C/C=C\C=C(/C)[C@@H](NC(=O)c1ccc2c(n1)N(C(=O)Nc1cc(OC[C@H](O)CO)ccn1)[C@H]1CCN2C1)C(F)(F)F. The van der Waals surface area contributed by atoms with E-state index in [9.17, 15) is 27.9 Å². The summed E-state index contributed by atoms with van der Waals surface area (Å²) in [5.74, 6) is -0.491. The lowest BCUT2D eigenvalue weighted by molar-refractivity contribution is -0.144. The van der Waals surface area contributed by atoms with E-state index in [4.69, 9.17) is 9.84 Å². The first kappa shape index (κ1) is 30.5. The highest BCUT2D eigenvalue weighted by molar-refractivity contribution is 6.05. The number of carbonyl (C=O) groups is 2. The molecule has 11 nitrogen and oxygen atoms in total. The smallest absolute Gasteiger partial charge is 0.412 e. The Balaban J connectivity index is 1.57. The van der Waals surface area contributed by atoms with E-state index in [0.717, 1.165) is 0 Å². The summed E-state index contributed by atoms with van der Waals surface area (Å²) < 4.78 is 46.9. The number of pyridine rings is 2. The molecule has 0 saturated carbocycles. The van der Waals surface area contributed by atoms with Crippen LogP contribution in [0.1, 0.15) is 23.8 Å². The van der Waals surface area contributed by atoms with Gasteiger partial charge < -0.3 is 25.2 Å². The number of aliphatic hydroxyl groups excluding tert-OH is 2. The van der Waals surface area contributed by atoms with Crippen molar-refractivity contribution < 1.29 is 37.7 Å². The number of halogens is 3. The number of nitrogens with zero attached hydrogens (tertiary/aromatic N) is 4. The van der Waals surface area contributed by atoms with Crippen molar-refractivity contribution in [1.29, 1.82) is 0 Å². The van der Waals surface area contributed by atoms with Gasteiger partial charge in [0.15, 0.2) is 5.82 Å². The molecule has 3 amide bonds. The molecule has 1 saturated heterocycles. The first-order valence-corrected chi connectivity index (χ1v) is 13.1. The second kappa shape index (κ2) is 13.0. The number of hydrogen-bond donors (Lipinski definition) is 4. The summed E-state index contributed by atoms with van der Waals surface area (Å²) in [6.07, 6.45) is 1.67. The normalized spacial score (nSPS) is 18.0. The van der Waals surface area contributed by atoms with Crippen LogP contribution in [-0.4, -0.2) is 82.8 Å². The quantitative estimate of drug-likeness (QED) is 0.311. The van der Waals surface area contributed by atoms with E-state index in [1.807, 2.05) is 10.2 Å². The fourth-order valence-corrected chi connectivity index (χ4v) is 4.62. The minimum Gasteiger partial charge on any atom is -0.491 e. The van der Waals surface area contributed by atoms with Crippen LogP contribution in [-0.2, 0) is 0 Å². The van der Waals surface area contributed by atoms with Crippen LogP contribution < -0.4 is 25.2 Å². The average molecular weight is 589 g/mol. The lowest BCUT2D eigenvalue weighted by Crippen LogP contribution is -2.49. The standard InChI is InChI=1S/C28H31F3N6O5/c1-3-4-5-6-17(2)24(28(29,30)31)35-26(40)21-7-8-22-25(33-21)37(18-10-12-36(22)14-18)27(41)34-23-13-20(9-11-32-23)42-16-19(39)15-38/h3-9,11,13,18-19,24,38-39H,1,10,12,14-16H2,2H3,(H,35,40)(H,32,34,41)/b5-4-,17-6+/t18-,19+,24+/m0/s1. The van der Waals surface area contributed by atoms with Crippen molar-refractivity contribution in [3.63, 3.8) is 0 Å². The fraction of sp³-hybridized carbons (Fsp3) is 0.357. The van der Waals surface area contributed by atoms with Gasteiger partial charge in [-0.2, -0.15) is 13.2 Å². The van der Waals surface area contributed by atoms with Crippen LogP contribution in [0.2, 0.25) is 0 Å². The summed E-state index contributed by atoms with van der Waals surface area (Å²) in [4.78, 5) is 38.3. The maximum atomic E-state index is 13.8. The van der Waals surface area contributed by atoms with Crippen LogP contribution in [0.25, 0.3) is 0 Å². The number of urea groups is 1. The molecule has 0 aromatic carbocycles. The molecule has 4 rings (SSSR count). The van der Waals surface area contributed by atoms with Gasteiger partial charge in [0, 0.05) is 25.4 Å². The second-order valence-corrected chi connectivity index (χ2v) is 9.73. The summed E-state index contributed by atoms with van der Waals surface area (Å²) >= 11 is 0. The average Bonchev–Trinajstić information content (AvgIpc) is 3.37. The van der Waals surface area contributed by atoms with E-state index in [0.29, 0.717) is 30.9 Å². The number of alkyl halides is 3. The van der Waals surface area contributed by atoms with Gasteiger partial charge in [-0.15, -0.1) is 0 Å². The Morgan fingerprint density at radius 2 is 2.07 bits per heavy atom. The van der Waals surface area contributed by atoms with Crippen LogP contribution in [0.3, 0.4) is 0 Å². The monoisotopic (exact) mass is 588 g/mol. The summed E-state index contributed by atoms with van der Waals surface area (Å²) in [7, 11) is 0. The van der Waals surface area contributed by atoms with Gasteiger partial charge in [0.2, 0.25) is 0 Å². The largest absolute Gasteiger partial charge is 0.491 e. The van der Waals surface area contributed by atoms with E-state index in [-0.39, 0.29) is 35.6 Å². The number of fused-ring (bicyclic) bond motifs is 4. The molecule has 42 heavy (non-hydrogen) atoms. The Morgan fingerprint density at radius 3 is 2.79 bits per heavy atom. The van der Waals surface area contributed by atoms with Crippen LogP contribution in [0.15, 0.2) is 66.9 Å². The third-order valence-corrected chi connectivity index (χ3v) is 6.69. The molecule has 2 aliphatic rings. The zero-order valence-electron chi connectivity index (χ0n) is 22.7. The number of aromatic nitrogens is 2. The lowest BCUT2D eigenvalue weighted by atomic mass is 10.1. The lowest BCUT2D eigenvalue weighted by Gasteiger charge is -2.35. The predicted octanol–water partition coefficient (Wildman–Crippen LogP) is 3.19. The van der Waals surface area contributed by atoms with Gasteiger partial charge in [-0.1, -0.05) is 30.9 Å². The highest BCUT2D eigenvalue weighted by Crippen LogP contribution is 2.39. The summed E-state index contributed by atoms with van der Waals surface area (Å²) in [5.41, 5.74) is 0.145. The molecule has 2 aromatic heterocycles. The first-order chi connectivity index (χ1) is 20.0. The molecular formula is C28H31F3N6O5. The van der Waals surface area contributed by atoms with Gasteiger partial charge in [0.05, 0.1) is 18.3 Å². The van der Waals surface area contributed by atoms with Gasteiger partial charge >= 0.3 is 12.2 Å². The summed E-state index contributed by atoms with van der Waals surface area (Å²) in [6, 6.07) is 2.68. The molecule has 0 radical (unpaired) electrons. The van der Waals surface area contributed by atoms with Crippen molar-refractivity contribution in [3.8, 4) is 5.75 Å². The Morgan fingerprint density at radius 1 is 1.29 bits per heavy atom. The highest BCUT2D eigenvalue weighted by atomic mass is 19.4. The van der Waals surface area contributed by atoms with E-state index >= 15 is 0 Å². The first-order valence-electron chi connectivity index (χ1n) is 13.1. The van der Waals surface area contributed by atoms with Crippen molar-refractivity contribution in [2.75, 3.05) is 41.4 Å². The molecule has 2 aliphatic heterocycles. The molecular weight excluding hydrogens is 557 g/mol. The van der Waals surface area contributed by atoms with Crippen LogP contribution in [0.5, 0.6) is 5.75 Å². The number of nitrogens with one attached hydrogen (secondary N) is 2. The number of aliphatic hydroxyl groups is 2. The van der Waals surface area contributed by atoms with Gasteiger partial charge in [0.1, 0.15) is 36.0 Å². The molecule has 4 N–H and O–H groups in total. The molecule has 0 unspecified atom stereocenters. The van der Waals surface area contributed by atoms with Gasteiger partial charge in [-0.05, 0) is 37.1 Å². The zero-order valence-corrected chi connectivity index (χ0v) is 22.7. The molecule has 14 heteroatoms. The van der Waals surface area contributed by atoms with Crippen molar-refractivity contribution in [2.45, 2.75) is 37.7 Å². The highest BCUT2D eigenvalue weighted by Gasteiger charge is 2.43. The molecule has 2 aromatic rings. The predicted molar refractivity (Wildman–Crippen MR) is 150 cm³/mol. The third kappa shape index (κ3) is 7.06. The molecule has 2 bridgehead atoms. The second-order valence-electron chi connectivity index (χ2n) is 9.73. The molecule has 0 aliphatic carbocycles. The Hall–Kier alpha value is -4.43. The molecule has 1 fully saturated rings. The molecule has 3 atom stereocenters. The van der Waals surface area contributed by atoms with Gasteiger partial charge in [-0.3, -0.25) is 15.0 Å². The van der Waals surface area contributed by atoms with E-state index in [1.165, 1.54) is 60.5 Å². The Kier molecular flexibility index (Phi) is 9.48. The van der Waals surface area contributed by atoms with Crippen molar-refractivity contribution in [3.05, 3.63) is 72.6 Å². The number of carbonyl (C=O) groups excluding carboxylic acids is 2. The van der Waals surface area contributed by atoms with Crippen LogP contribution in [0.4, 0.5) is 35.3 Å². The van der Waals surface area contributed by atoms with Crippen molar-refractivity contribution in [1.82, 2.24) is 15.3 Å². The number of hydrogen-bond acceptors (Lipinski definition) is 8. The molecule has 224 valence electrons. The van der Waals surface area contributed by atoms with E-state index in [2.05, 4.69) is 21.9 Å². The number of rotatable bonds is 10. The van der Waals surface area contributed by atoms with Crippen LogP contribution in [0, 0.1) is 0 Å². The van der Waals surface area contributed by atoms with E-state index in [1.54, 1.807) is 6.07 Å². The zero-order chi connectivity index (χ0) is 30.4. The number of ether oxygens (including phenoxy) is 1. The molecule has 4 heterocycles. The number of allylic oxidation sites excluding steroid dienone is 4. The van der Waals surface area contributed by atoms with Crippen LogP contribution >= 0.6 is 0 Å².